The first-order chi connectivity index (χ1) is 8.15. The van der Waals surface area contributed by atoms with Crippen LogP contribution in [-0.2, 0) is 9.59 Å². The second-order valence-corrected chi connectivity index (χ2v) is 3.36. The number of amides is 2. The minimum atomic E-state index is -0.359. The van der Waals surface area contributed by atoms with Crippen LogP contribution in [0.2, 0.25) is 0 Å². The second kappa shape index (κ2) is 6.44. The highest BCUT2D eigenvalue weighted by molar-refractivity contribution is 5.94. The molecule has 5 nitrogen and oxygen atoms in total. The van der Waals surface area contributed by atoms with Gasteiger partial charge in [0.05, 0.1) is 13.1 Å². The molecule has 1 rings (SSSR count). The lowest BCUT2D eigenvalue weighted by Crippen LogP contribution is -2.36. The molecule has 0 radical (unpaired) electrons. The second-order valence-electron chi connectivity index (χ2n) is 3.36. The molecule has 0 saturated heterocycles. The molecule has 0 aliphatic rings. The maximum absolute atomic E-state index is 11.4. The number of anilines is 1. The number of benzene rings is 1. The third-order valence-electron chi connectivity index (χ3n) is 2.06. The van der Waals surface area contributed by atoms with Gasteiger partial charge in [-0.3, -0.25) is 9.59 Å². The van der Waals surface area contributed by atoms with E-state index in [9.17, 15) is 9.59 Å². The summed E-state index contributed by atoms with van der Waals surface area (Å²) in [5.74, 6) is -0.652. The zero-order chi connectivity index (χ0) is 12.7. The Kier molecular flexibility index (Phi) is 4.90. The number of hydrogen-bond donors (Lipinski definition) is 3. The highest BCUT2D eigenvalue weighted by Crippen LogP contribution is 2.09. The van der Waals surface area contributed by atoms with Crippen LogP contribution < -0.4 is 16.4 Å². The van der Waals surface area contributed by atoms with E-state index < -0.39 is 0 Å². The molecule has 0 heterocycles. The van der Waals surface area contributed by atoms with Crippen molar-refractivity contribution in [3.63, 3.8) is 0 Å². The van der Waals surface area contributed by atoms with Crippen LogP contribution in [0.5, 0.6) is 0 Å². The Balaban J connectivity index is 2.44. The van der Waals surface area contributed by atoms with Crippen molar-refractivity contribution in [1.29, 1.82) is 0 Å². The van der Waals surface area contributed by atoms with E-state index >= 15 is 0 Å². The van der Waals surface area contributed by atoms with Gasteiger partial charge in [0.25, 0.3) is 0 Å². The summed E-state index contributed by atoms with van der Waals surface area (Å²) in [6, 6.07) is 7.20. The first-order valence-corrected chi connectivity index (χ1v) is 5.15. The van der Waals surface area contributed by atoms with Gasteiger partial charge in [0.15, 0.2) is 0 Å². The van der Waals surface area contributed by atoms with Crippen LogP contribution in [0.4, 0.5) is 5.69 Å². The molecule has 0 aromatic heterocycles. The lowest BCUT2D eigenvalue weighted by molar-refractivity contribution is -0.123. The fraction of sp³-hybridized carbons (Fsp3) is 0.167. The molecule has 0 spiro atoms. The Labute approximate surface area is 99.7 Å². The van der Waals surface area contributed by atoms with Crippen molar-refractivity contribution in [1.82, 2.24) is 5.32 Å². The van der Waals surface area contributed by atoms with Gasteiger partial charge in [-0.2, -0.15) is 0 Å². The molecule has 2 amide bonds. The summed E-state index contributed by atoms with van der Waals surface area (Å²) in [7, 11) is 0. The minimum absolute atomic E-state index is 0.0841. The van der Waals surface area contributed by atoms with Crippen LogP contribution in [-0.4, -0.2) is 24.9 Å². The molecule has 17 heavy (non-hydrogen) atoms. The lowest BCUT2D eigenvalue weighted by Gasteiger charge is -2.06. The average molecular weight is 233 g/mol. The molecular formula is C12H15N3O2. The molecule has 0 fully saturated rings. The van der Waals surface area contributed by atoms with Crippen LogP contribution in [0.25, 0.3) is 6.08 Å². The predicted octanol–water partition coefficient (Wildman–Crippen LogP) is 0.343. The van der Waals surface area contributed by atoms with Gasteiger partial charge in [0.2, 0.25) is 11.8 Å². The molecule has 0 atom stereocenters. The Morgan fingerprint density at radius 3 is 2.41 bits per heavy atom. The molecule has 0 bridgehead atoms. The van der Waals surface area contributed by atoms with E-state index in [1.165, 1.54) is 0 Å². The van der Waals surface area contributed by atoms with Crippen LogP contribution in [0, 0.1) is 0 Å². The predicted molar refractivity (Wildman–Crippen MR) is 67.2 cm³/mol. The van der Waals surface area contributed by atoms with Gasteiger partial charge in [-0.05, 0) is 17.7 Å². The van der Waals surface area contributed by atoms with Crippen molar-refractivity contribution < 1.29 is 9.59 Å². The van der Waals surface area contributed by atoms with Gasteiger partial charge in [-0.15, -0.1) is 0 Å². The average Bonchev–Trinajstić information content (AvgIpc) is 2.36. The number of carbonyl (C=O) groups is 2. The van der Waals surface area contributed by atoms with Crippen molar-refractivity contribution in [3.8, 4) is 0 Å². The summed E-state index contributed by atoms with van der Waals surface area (Å²) >= 11 is 0. The van der Waals surface area contributed by atoms with Crippen molar-refractivity contribution in [3.05, 3.63) is 36.4 Å². The molecule has 0 aliphatic carbocycles. The van der Waals surface area contributed by atoms with Gasteiger partial charge in [-0.1, -0.05) is 24.8 Å². The first-order valence-electron chi connectivity index (χ1n) is 5.15. The summed E-state index contributed by atoms with van der Waals surface area (Å²) in [6.07, 6.45) is 1.72. The maximum atomic E-state index is 11.4. The number of nitrogens with one attached hydrogen (secondary N) is 2. The van der Waals surface area contributed by atoms with Gasteiger partial charge in [0.1, 0.15) is 0 Å². The van der Waals surface area contributed by atoms with Gasteiger partial charge in [0, 0.05) is 5.69 Å². The molecule has 0 unspecified atom stereocenters. The van der Waals surface area contributed by atoms with E-state index in [1.807, 2.05) is 12.1 Å². The number of hydrogen-bond acceptors (Lipinski definition) is 3. The summed E-state index contributed by atoms with van der Waals surface area (Å²) in [6.45, 7) is 3.43. The van der Waals surface area contributed by atoms with Crippen LogP contribution >= 0.6 is 0 Å². The number of carbonyl (C=O) groups excluding carboxylic acids is 2. The summed E-state index contributed by atoms with van der Waals surface area (Å²) in [5.41, 5.74) is 6.73. The smallest absolute Gasteiger partial charge is 0.243 e. The van der Waals surface area contributed by atoms with Gasteiger partial charge >= 0.3 is 0 Å². The topological polar surface area (TPSA) is 84.2 Å². The van der Waals surface area contributed by atoms with Gasteiger partial charge in [-0.25, -0.2) is 0 Å². The van der Waals surface area contributed by atoms with E-state index in [-0.39, 0.29) is 24.9 Å². The van der Waals surface area contributed by atoms with E-state index in [0.717, 1.165) is 5.56 Å². The van der Waals surface area contributed by atoms with Crippen molar-refractivity contribution >= 4 is 23.6 Å². The molecule has 5 heteroatoms. The highest BCUT2D eigenvalue weighted by Gasteiger charge is 2.03. The molecule has 4 N–H and O–H groups in total. The molecule has 1 aromatic carbocycles. The van der Waals surface area contributed by atoms with Crippen LogP contribution in [0.3, 0.4) is 0 Å². The van der Waals surface area contributed by atoms with Crippen molar-refractivity contribution in [2.24, 2.45) is 5.73 Å². The van der Waals surface area contributed by atoms with Crippen molar-refractivity contribution in [2.75, 3.05) is 18.4 Å². The van der Waals surface area contributed by atoms with E-state index in [4.69, 9.17) is 5.73 Å². The fourth-order valence-corrected chi connectivity index (χ4v) is 1.16. The summed E-state index contributed by atoms with van der Waals surface area (Å²) in [4.78, 5) is 22.2. The molecular weight excluding hydrogens is 218 g/mol. The van der Waals surface area contributed by atoms with Crippen LogP contribution in [0.1, 0.15) is 5.56 Å². The number of nitrogens with two attached hydrogens (primary N) is 1. The summed E-state index contributed by atoms with van der Waals surface area (Å²) in [5, 5.41) is 5.03. The third kappa shape index (κ3) is 4.48. The Hall–Kier alpha value is -2.14. The van der Waals surface area contributed by atoms with E-state index in [2.05, 4.69) is 17.2 Å². The van der Waals surface area contributed by atoms with E-state index in [1.54, 1.807) is 18.2 Å². The van der Waals surface area contributed by atoms with E-state index in [0.29, 0.717) is 5.69 Å². The van der Waals surface area contributed by atoms with Crippen LogP contribution in [0.15, 0.2) is 30.8 Å². The highest BCUT2D eigenvalue weighted by atomic mass is 16.2. The standard InChI is InChI=1S/C12H15N3O2/c1-2-9-3-5-10(6-4-9)15-12(17)8-14-11(16)7-13/h2-6H,1,7-8,13H2,(H,14,16)(H,15,17). The molecule has 90 valence electrons. The monoisotopic (exact) mass is 233 g/mol. The largest absolute Gasteiger partial charge is 0.346 e. The molecule has 0 saturated carbocycles. The fourth-order valence-electron chi connectivity index (χ4n) is 1.16. The quantitative estimate of drug-likeness (QED) is 0.685. The Bertz CT molecular complexity index is 412. The third-order valence-corrected chi connectivity index (χ3v) is 2.06. The minimum Gasteiger partial charge on any atom is -0.346 e. The Morgan fingerprint density at radius 1 is 1.24 bits per heavy atom. The first kappa shape index (κ1) is 12.9. The normalized spacial score (nSPS) is 9.47. The zero-order valence-corrected chi connectivity index (χ0v) is 9.40. The zero-order valence-electron chi connectivity index (χ0n) is 9.40. The lowest BCUT2D eigenvalue weighted by atomic mass is 10.2. The SMILES string of the molecule is C=Cc1ccc(NC(=O)CNC(=O)CN)cc1. The Morgan fingerprint density at radius 2 is 1.88 bits per heavy atom. The van der Waals surface area contributed by atoms with Gasteiger partial charge < -0.3 is 16.4 Å². The van der Waals surface area contributed by atoms with Crippen molar-refractivity contribution in [2.45, 2.75) is 0 Å². The molecule has 1 aromatic rings. The molecule has 0 aliphatic heterocycles. The summed E-state index contributed by atoms with van der Waals surface area (Å²) < 4.78 is 0. The number of rotatable bonds is 5. The maximum Gasteiger partial charge on any atom is 0.243 e.